The molecular formula is C13H15N3O6S. The molecule has 124 valence electrons. The Morgan fingerprint density at radius 3 is 2.48 bits per heavy atom. The first-order valence-electron chi connectivity index (χ1n) is 6.87. The van der Waals surface area contributed by atoms with Crippen molar-refractivity contribution in [3.63, 3.8) is 0 Å². The highest BCUT2D eigenvalue weighted by Gasteiger charge is 2.60. The minimum atomic E-state index is -4.61. The number of phenolic OH excluding ortho intramolecular Hbond substituents is 1. The first kappa shape index (κ1) is 15.7. The van der Waals surface area contributed by atoms with E-state index in [0.717, 1.165) is 0 Å². The van der Waals surface area contributed by atoms with E-state index in [9.17, 15) is 23.1 Å². The topological polar surface area (TPSA) is 141 Å². The van der Waals surface area contributed by atoms with E-state index in [1.807, 2.05) is 0 Å². The molecule has 0 radical (unpaired) electrons. The van der Waals surface area contributed by atoms with Gasteiger partial charge in [0.2, 0.25) is 5.91 Å². The fourth-order valence-electron chi connectivity index (χ4n) is 3.07. The van der Waals surface area contributed by atoms with E-state index in [4.69, 9.17) is 10.3 Å². The van der Waals surface area contributed by atoms with E-state index in [-0.39, 0.29) is 18.7 Å². The lowest BCUT2D eigenvalue weighted by atomic mass is 9.99. The molecule has 2 heterocycles. The number of carbonyl (C=O) groups excluding carboxylic acids is 2. The summed E-state index contributed by atoms with van der Waals surface area (Å²) in [5, 5.41) is 9.25. The van der Waals surface area contributed by atoms with Crippen molar-refractivity contribution in [2.45, 2.75) is 24.5 Å². The third-order valence-corrected chi connectivity index (χ3v) is 5.14. The van der Waals surface area contributed by atoms with Gasteiger partial charge in [-0.2, -0.15) is 8.42 Å². The van der Waals surface area contributed by atoms with Gasteiger partial charge in [0.25, 0.3) is 5.91 Å². The van der Waals surface area contributed by atoms with Gasteiger partial charge in [-0.05, 0) is 24.1 Å². The average molecular weight is 341 g/mol. The van der Waals surface area contributed by atoms with Gasteiger partial charge in [0.15, 0.2) is 0 Å². The molecule has 0 unspecified atom stereocenters. The van der Waals surface area contributed by atoms with Crippen molar-refractivity contribution in [3.8, 4) is 5.75 Å². The van der Waals surface area contributed by atoms with Crippen LogP contribution in [0.1, 0.15) is 18.0 Å². The van der Waals surface area contributed by atoms with Gasteiger partial charge in [-0.25, -0.2) is 4.31 Å². The van der Waals surface area contributed by atoms with Crippen molar-refractivity contribution >= 4 is 22.1 Å². The van der Waals surface area contributed by atoms with E-state index in [1.165, 1.54) is 29.2 Å². The number of amides is 2. The fraction of sp³-hybridized carbons (Fsp3) is 0.385. The number of benzene rings is 1. The Bertz CT molecular complexity index is 762. The van der Waals surface area contributed by atoms with Crippen LogP contribution >= 0.6 is 0 Å². The molecule has 0 aliphatic carbocycles. The highest BCUT2D eigenvalue weighted by molar-refractivity contribution is 7.84. The summed E-state index contributed by atoms with van der Waals surface area (Å²) in [5.41, 5.74) is 6.37. The zero-order chi connectivity index (χ0) is 16.9. The predicted octanol–water partition coefficient (Wildman–Crippen LogP) is -0.993. The van der Waals surface area contributed by atoms with Crippen molar-refractivity contribution in [2.75, 3.05) is 6.54 Å². The normalized spacial score (nSPS) is 25.0. The summed E-state index contributed by atoms with van der Waals surface area (Å²) in [6.45, 7) is 0.178. The van der Waals surface area contributed by atoms with Crippen LogP contribution in [0.4, 0.5) is 0 Å². The third kappa shape index (κ3) is 2.44. The van der Waals surface area contributed by atoms with Crippen LogP contribution in [0.25, 0.3) is 0 Å². The highest BCUT2D eigenvalue weighted by Crippen LogP contribution is 2.36. The molecule has 2 aliphatic heterocycles. The molecule has 2 saturated heterocycles. The molecule has 0 aromatic heterocycles. The van der Waals surface area contributed by atoms with Gasteiger partial charge in [-0.1, -0.05) is 12.1 Å². The average Bonchev–Trinajstić information content (AvgIpc) is 2.83. The zero-order valence-electron chi connectivity index (χ0n) is 11.9. The van der Waals surface area contributed by atoms with E-state index >= 15 is 0 Å². The molecule has 23 heavy (non-hydrogen) atoms. The quantitative estimate of drug-likeness (QED) is 0.473. The summed E-state index contributed by atoms with van der Waals surface area (Å²) in [6.07, 6.45) is 0.254. The SMILES string of the molecule is N[C@H](C(=O)N1CC[C@@H]2[C@H]1C(=O)N2S(=O)(=O)O)c1ccc(O)cc1. The second-order valence-electron chi connectivity index (χ2n) is 5.51. The monoisotopic (exact) mass is 341 g/mol. The molecule has 3 atom stereocenters. The number of carbonyl (C=O) groups is 2. The molecule has 0 bridgehead atoms. The summed E-state index contributed by atoms with van der Waals surface area (Å²) in [5.74, 6) is -1.31. The Balaban J connectivity index is 1.77. The van der Waals surface area contributed by atoms with Crippen LogP contribution in [0, 0.1) is 0 Å². The maximum atomic E-state index is 12.5. The van der Waals surface area contributed by atoms with E-state index in [2.05, 4.69) is 0 Å². The maximum absolute atomic E-state index is 12.5. The minimum Gasteiger partial charge on any atom is -0.508 e. The van der Waals surface area contributed by atoms with Crippen LogP contribution in [-0.4, -0.2) is 57.7 Å². The lowest BCUT2D eigenvalue weighted by Crippen LogP contribution is -2.68. The Hall–Kier alpha value is -2.17. The highest BCUT2D eigenvalue weighted by atomic mass is 32.2. The first-order chi connectivity index (χ1) is 10.7. The van der Waals surface area contributed by atoms with Crippen LogP contribution in [0.2, 0.25) is 0 Å². The molecule has 10 heteroatoms. The van der Waals surface area contributed by atoms with Crippen LogP contribution in [-0.2, 0) is 19.9 Å². The standard InChI is InChI=1S/C13H15N3O6S/c14-10(7-1-3-8(17)4-2-7)12(18)15-6-5-9-11(15)13(19)16(9)23(20,21)22/h1-4,9-11,17H,5-6,14H2,(H,20,21,22)/t9-,10+,11+/m1/s1. The fourth-order valence-corrected chi connectivity index (χ4v) is 3.96. The summed E-state index contributed by atoms with van der Waals surface area (Å²) < 4.78 is 31.7. The lowest BCUT2D eigenvalue weighted by Gasteiger charge is -2.42. The number of fused-ring (bicyclic) bond motifs is 1. The van der Waals surface area contributed by atoms with Gasteiger partial charge in [-0.15, -0.1) is 0 Å². The molecule has 2 aliphatic rings. The van der Waals surface area contributed by atoms with Crippen LogP contribution in [0.15, 0.2) is 24.3 Å². The van der Waals surface area contributed by atoms with Crippen LogP contribution < -0.4 is 5.73 Å². The largest absolute Gasteiger partial charge is 0.508 e. The number of aromatic hydroxyl groups is 1. The predicted molar refractivity (Wildman–Crippen MR) is 77.3 cm³/mol. The smallest absolute Gasteiger partial charge is 0.362 e. The molecule has 9 nitrogen and oxygen atoms in total. The van der Waals surface area contributed by atoms with Crippen molar-refractivity contribution in [1.29, 1.82) is 0 Å². The van der Waals surface area contributed by atoms with Gasteiger partial charge < -0.3 is 15.7 Å². The van der Waals surface area contributed by atoms with Gasteiger partial charge in [0.1, 0.15) is 17.8 Å². The zero-order valence-corrected chi connectivity index (χ0v) is 12.7. The lowest BCUT2D eigenvalue weighted by molar-refractivity contribution is -0.152. The summed E-state index contributed by atoms with van der Waals surface area (Å²) in [6, 6.07) is 3.10. The number of likely N-dealkylation sites (tertiary alicyclic amines) is 1. The number of rotatable bonds is 3. The van der Waals surface area contributed by atoms with Crippen LogP contribution in [0.5, 0.6) is 5.75 Å². The second kappa shape index (κ2) is 5.18. The molecule has 4 N–H and O–H groups in total. The number of hydrogen-bond donors (Lipinski definition) is 3. The Kier molecular flexibility index (Phi) is 3.54. The molecule has 2 fully saturated rings. The Morgan fingerprint density at radius 1 is 1.30 bits per heavy atom. The summed E-state index contributed by atoms with van der Waals surface area (Å²) in [4.78, 5) is 25.6. The maximum Gasteiger partial charge on any atom is 0.362 e. The van der Waals surface area contributed by atoms with Crippen molar-refractivity contribution in [2.24, 2.45) is 5.73 Å². The minimum absolute atomic E-state index is 0.0348. The van der Waals surface area contributed by atoms with Crippen molar-refractivity contribution < 1.29 is 27.7 Å². The number of hydrogen-bond acceptors (Lipinski definition) is 6. The van der Waals surface area contributed by atoms with Gasteiger partial charge in [-0.3, -0.25) is 14.1 Å². The Labute approximate surface area is 132 Å². The van der Waals surface area contributed by atoms with Crippen molar-refractivity contribution in [3.05, 3.63) is 29.8 Å². The van der Waals surface area contributed by atoms with Gasteiger partial charge in [0, 0.05) is 6.54 Å². The van der Waals surface area contributed by atoms with Crippen molar-refractivity contribution in [1.82, 2.24) is 9.21 Å². The number of nitrogens with two attached hydrogens (primary N) is 1. The van der Waals surface area contributed by atoms with Crippen LogP contribution in [0.3, 0.4) is 0 Å². The summed E-state index contributed by atoms with van der Waals surface area (Å²) in [7, 11) is -4.61. The van der Waals surface area contributed by atoms with E-state index in [1.54, 1.807) is 0 Å². The van der Waals surface area contributed by atoms with E-state index < -0.39 is 40.2 Å². The molecule has 2 amide bonds. The summed E-state index contributed by atoms with van der Waals surface area (Å²) >= 11 is 0. The third-order valence-electron chi connectivity index (χ3n) is 4.19. The number of phenols is 1. The first-order valence-corrected chi connectivity index (χ1v) is 8.27. The van der Waals surface area contributed by atoms with Gasteiger partial charge in [0.05, 0.1) is 6.04 Å². The molecule has 3 rings (SSSR count). The number of β-lactam (4-membered cyclic amide) rings is 1. The van der Waals surface area contributed by atoms with E-state index in [0.29, 0.717) is 9.87 Å². The molecule has 1 aromatic carbocycles. The Morgan fingerprint density at radius 2 is 1.91 bits per heavy atom. The molecule has 0 saturated carbocycles. The molecule has 1 aromatic rings. The molecule has 0 spiro atoms. The molecular weight excluding hydrogens is 326 g/mol. The van der Waals surface area contributed by atoms with Gasteiger partial charge >= 0.3 is 10.3 Å². The number of nitrogens with zero attached hydrogens (tertiary/aromatic N) is 2. The second-order valence-corrected chi connectivity index (χ2v) is 6.80.